The average Bonchev–Trinajstić information content (AvgIpc) is 2.19. The largest absolute Gasteiger partial charge is 0.264 e. The molecule has 2 fully saturated rings. The highest BCUT2D eigenvalue weighted by Gasteiger charge is 2.56. The summed E-state index contributed by atoms with van der Waals surface area (Å²) < 4.78 is 0. The summed E-state index contributed by atoms with van der Waals surface area (Å²) in [5.74, 6) is 1.14. The molecule has 1 unspecified atom stereocenters. The van der Waals surface area contributed by atoms with E-state index in [0.717, 1.165) is 5.92 Å². The number of hydrogen-bond acceptors (Lipinski definition) is 0. The molecule has 0 spiro atoms. The fourth-order valence-electron chi connectivity index (χ4n) is 2.59. The molecule has 1 heteroatoms. The first-order chi connectivity index (χ1) is 4.18. The van der Waals surface area contributed by atoms with E-state index in [0.29, 0.717) is 0 Å². The lowest BCUT2D eigenvalue weighted by atomic mass is 10.1. The molecule has 1 saturated heterocycles. The van der Waals surface area contributed by atoms with Gasteiger partial charge in [-0.05, 0) is 25.6 Å². The Kier molecular flexibility index (Phi) is 1.02. The normalized spacial score (nSPS) is 38.0. The summed E-state index contributed by atoms with van der Waals surface area (Å²) >= 11 is 0. The molecule has 2 rings (SSSR count). The van der Waals surface area contributed by atoms with Crippen molar-refractivity contribution in [1.29, 1.82) is 0 Å². The van der Waals surface area contributed by atoms with E-state index in [1.54, 1.807) is 6.04 Å². The Morgan fingerprint density at radius 1 is 1.44 bits per heavy atom. The highest BCUT2D eigenvalue weighted by molar-refractivity contribution is 6.83. The van der Waals surface area contributed by atoms with Crippen molar-refractivity contribution in [2.24, 2.45) is 5.92 Å². The molecule has 0 amide bonds. The summed E-state index contributed by atoms with van der Waals surface area (Å²) in [6.07, 6.45) is 4.56. The van der Waals surface area contributed by atoms with E-state index in [4.69, 9.17) is 0 Å². The van der Waals surface area contributed by atoms with Gasteiger partial charge in [-0.1, -0.05) is 0 Å². The van der Waals surface area contributed by atoms with Crippen LogP contribution in [0.15, 0.2) is 0 Å². The fourth-order valence-corrected chi connectivity index (χ4v) is 6.33. The molecule has 0 radical (unpaired) electrons. The van der Waals surface area contributed by atoms with Crippen LogP contribution in [0.5, 0.6) is 0 Å². The van der Waals surface area contributed by atoms with Gasteiger partial charge in [0.1, 0.15) is 0 Å². The van der Waals surface area contributed by atoms with Crippen molar-refractivity contribution in [3.63, 3.8) is 0 Å². The van der Waals surface area contributed by atoms with E-state index in [9.17, 15) is 0 Å². The molecular formula is C8H15Si+. The smallest absolute Gasteiger partial charge is 0.0277 e. The minimum Gasteiger partial charge on any atom is -0.0277 e. The quantitative estimate of drug-likeness (QED) is 0.357. The minimum absolute atomic E-state index is 0.703. The molecule has 0 nitrogen and oxygen atoms in total. The summed E-state index contributed by atoms with van der Waals surface area (Å²) in [5.41, 5.74) is 1.99. The molecular weight excluding hydrogens is 124 g/mol. The molecule has 9 heavy (non-hydrogen) atoms. The standard InChI is InChI=1S/C8H15Si/c1-9(2)6-7-3-4-8(9)5-7/h7H,3-6H2,1-2H3/q+1. The SMILES string of the molecule is C[Si]1(C)CC2CC[C+]1C2. The molecule has 2 aliphatic rings. The Morgan fingerprint density at radius 2 is 2.22 bits per heavy atom. The molecule has 0 aromatic rings. The van der Waals surface area contributed by atoms with Gasteiger partial charge >= 0.3 is 0 Å². The fraction of sp³-hybridized carbons (Fsp3) is 0.875. The maximum absolute atomic E-state index is 2.54. The van der Waals surface area contributed by atoms with Crippen LogP contribution in [0.2, 0.25) is 19.1 Å². The Hall–Kier alpha value is 0.0869. The summed E-state index contributed by atoms with van der Waals surface area (Å²) in [7, 11) is -0.703. The van der Waals surface area contributed by atoms with Crippen LogP contribution in [-0.2, 0) is 0 Å². The van der Waals surface area contributed by atoms with E-state index >= 15 is 0 Å². The summed E-state index contributed by atoms with van der Waals surface area (Å²) in [5, 5.41) is 0. The van der Waals surface area contributed by atoms with E-state index in [1.165, 1.54) is 19.3 Å². The first-order valence-electron chi connectivity index (χ1n) is 4.04. The second-order valence-corrected chi connectivity index (χ2v) is 9.18. The molecule has 2 bridgehead atoms. The van der Waals surface area contributed by atoms with E-state index < -0.39 is 8.07 Å². The Balaban J connectivity index is 2.18. The third-order valence-corrected chi connectivity index (χ3v) is 7.11. The van der Waals surface area contributed by atoms with Crippen molar-refractivity contribution in [1.82, 2.24) is 0 Å². The van der Waals surface area contributed by atoms with Gasteiger partial charge in [-0.2, -0.15) is 0 Å². The molecule has 1 saturated carbocycles. The van der Waals surface area contributed by atoms with Crippen LogP contribution in [0.1, 0.15) is 19.3 Å². The Morgan fingerprint density at radius 3 is 2.44 bits per heavy atom. The van der Waals surface area contributed by atoms with Gasteiger partial charge in [0.25, 0.3) is 8.07 Å². The highest BCUT2D eigenvalue weighted by atomic mass is 28.3. The van der Waals surface area contributed by atoms with Crippen LogP contribution in [0, 0.1) is 11.5 Å². The van der Waals surface area contributed by atoms with Gasteiger partial charge in [0, 0.05) is 11.5 Å². The lowest BCUT2D eigenvalue weighted by molar-refractivity contribution is 0.620. The first-order valence-corrected chi connectivity index (χ1v) is 7.24. The van der Waals surface area contributed by atoms with Gasteiger partial charge in [-0.15, -0.1) is 0 Å². The van der Waals surface area contributed by atoms with E-state index in [2.05, 4.69) is 13.1 Å². The maximum Gasteiger partial charge on any atom is 0.264 e. The highest BCUT2D eigenvalue weighted by Crippen LogP contribution is 2.51. The van der Waals surface area contributed by atoms with Crippen molar-refractivity contribution in [3.8, 4) is 0 Å². The van der Waals surface area contributed by atoms with Crippen LogP contribution in [-0.4, -0.2) is 8.07 Å². The van der Waals surface area contributed by atoms with Crippen LogP contribution in [0.3, 0.4) is 0 Å². The van der Waals surface area contributed by atoms with E-state index in [1.807, 2.05) is 5.54 Å². The topological polar surface area (TPSA) is 0 Å². The second-order valence-electron chi connectivity index (χ2n) is 4.30. The minimum atomic E-state index is -0.703. The zero-order valence-electron chi connectivity index (χ0n) is 6.41. The average molecular weight is 139 g/mol. The second kappa shape index (κ2) is 1.57. The zero-order chi connectivity index (χ0) is 6.48. The number of rotatable bonds is 0. The number of fused-ring (bicyclic) bond motifs is 2. The van der Waals surface area contributed by atoms with Gasteiger partial charge in [0.2, 0.25) is 0 Å². The zero-order valence-corrected chi connectivity index (χ0v) is 7.41. The van der Waals surface area contributed by atoms with Crippen molar-refractivity contribution in [2.75, 3.05) is 0 Å². The van der Waals surface area contributed by atoms with Crippen molar-refractivity contribution >= 4 is 8.07 Å². The summed E-state index contributed by atoms with van der Waals surface area (Å²) in [4.78, 5) is 0. The van der Waals surface area contributed by atoms with Crippen LogP contribution >= 0.6 is 0 Å². The monoisotopic (exact) mass is 139 g/mol. The molecule has 1 atom stereocenters. The lowest BCUT2D eigenvalue weighted by Crippen LogP contribution is -2.31. The molecule has 1 aliphatic heterocycles. The predicted molar refractivity (Wildman–Crippen MR) is 42.9 cm³/mol. The molecule has 0 aromatic heterocycles. The predicted octanol–water partition coefficient (Wildman–Crippen LogP) is 2.62. The summed E-state index contributed by atoms with van der Waals surface area (Å²) in [6.45, 7) is 5.09. The van der Waals surface area contributed by atoms with E-state index in [-0.39, 0.29) is 0 Å². The lowest BCUT2D eigenvalue weighted by Gasteiger charge is -2.15. The van der Waals surface area contributed by atoms with Crippen LogP contribution < -0.4 is 0 Å². The third kappa shape index (κ3) is 0.743. The summed E-state index contributed by atoms with van der Waals surface area (Å²) in [6, 6.07) is 1.61. The maximum atomic E-state index is 2.54. The van der Waals surface area contributed by atoms with Gasteiger partial charge in [0.15, 0.2) is 0 Å². The van der Waals surface area contributed by atoms with Gasteiger partial charge in [-0.3, -0.25) is 0 Å². The first kappa shape index (κ1) is 5.84. The number of hydrogen-bond donors (Lipinski definition) is 0. The van der Waals surface area contributed by atoms with Crippen molar-refractivity contribution in [2.45, 2.75) is 38.4 Å². The Labute approximate surface area is 58.7 Å². The van der Waals surface area contributed by atoms with Crippen molar-refractivity contribution < 1.29 is 0 Å². The molecule has 0 N–H and O–H groups in total. The third-order valence-electron chi connectivity index (χ3n) is 3.15. The van der Waals surface area contributed by atoms with Crippen LogP contribution in [0.4, 0.5) is 0 Å². The van der Waals surface area contributed by atoms with Gasteiger partial charge in [-0.25, -0.2) is 0 Å². The molecule has 1 aliphatic carbocycles. The van der Waals surface area contributed by atoms with Gasteiger partial charge < -0.3 is 0 Å². The molecule has 50 valence electrons. The van der Waals surface area contributed by atoms with Gasteiger partial charge in [0.05, 0.1) is 12.8 Å². The molecule has 1 heterocycles. The molecule has 0 aromatic carbocycles. The Bertz CT molecular complexity index is 129. The van der Waals surface area contributed by atoms with Crippen LogP contribution in [0.25, 0.3) is 0 Å². The van der Waals surface area contributed by atoms with Crippen molar-refractivity contribution in [3.05, 3.63) is 5.54 Å².